The van der Waals surface area contributed by atoms with Gasteiger partial charge in [0.25, 0.3) is 0 Å². The van der Waals surface area contributed by atoms with Crippen LogP contribution in [0.3, 0.4) is 0 Å². The Morgan fingerprint density at radius 1 is 1.40 bits per heavy atom. The van der Waals surface area contributed by atoms with Crippen molar-refractivity contribution in [1.29, 1.82) is 0 Å². The Balaban J connectivity index is 1.90. The number of hydrogen-bond acceptors (Lipinski definition) is 3. The van der Waals surface area contributed by atoms with E-state index in [1.807, 2.05) is 23.9 Å². The first-order valence-corrected chi connectivity index (χ1v) is 6.33. The molecule has 0 aromatic heterocycles. The second-order valence-electron chi connectivity index (χ2n) is 4.17. The number of aromatic hydroxyl groups is 1. The summed E-state index contributed by atoms with van der Waals surface area (Å²) in [7, 11) is 0. The van der Waals surface area contributed by atoms with Crippen molar-refractivity contribution in [1.82, 2.24) is 5.32 Å². The molecule has 1 unspecified atom stereocenters. The fraction of sp³-hybridized carbons (Fsp3) is 0.500. The summed E-state index contributed by atoms with van der Waals surface area (Å²) in [5, 5.41) is 12.7. The SMILES string of the molecule is CC1(CCc2ccc(O)cc2)NCCS1. The summed E-state index contributed by atoms with van der Waals surface area (Å²) >= 11 is 2.01. The second kappa shape index (κ2) is 4.45. The van der Waals surface area contributed by atoms with Gasteiger partial charge in [0.2, 0.25) is 0 Å². The zero-order valence-electron chi connectivity index (χ0n) is 8.99. The van der Waals surface area contributed by atoms with Crippen molar-refractivity contribution in [3.63, 3.8) is 0 Å². The van der Waals surface area contributed by atoms with Crippen LogP contribution in [0, 0.1) is 0 Å². The fourth-order valence-corrected chi connectivity index (χ4v) is 2.95. The van der Waals surface area contributed by atoms with Gasteiger partial charge < -0.3 is 10.4 Å². The molecule has 2 N–H and O–H groups in total. The third-order valence-corrected chi connectivity index (χ3v) is 4.24. The molecule has 2 nitrogen and oxygen atoms in total. The van der Waals surface area contributed by atoms with Crippen molar-refractivity contribution in [2.75, 3.05) is 12.3 Å². The molecule has 15 heavy (non-hydrogen) atoms. The lowest BCUT2D eigenvalue weighted by atomic mass is 10.1. The molecule has 82 valence electrons. The number of phenols is 1. The summed E-state index contributed by atoms with van der Waals surface area (Å²) in [6.07, 6.45) is 2.21. The Bertz CT molecular complexity index is 317. The minimum Gasteiger partial charge on any atom is -0.508 e. The summed E-state index contributed by atoms with van der Waals surface area (Å²) in [5.74, 6) is 1.56. The van der Waals surface area contributed by atoms with E-state index in [0.717, 1.165) is 19.4 Å². The molecule has 0 saturated carbocycles. The lowest BCUT2D eigenvalue weighted by Crippen LogP contribution is -2.33. The molecule has 1 saturated heterocycles. The maximum absolute atomic E-state index is 9.17. The van der Waals surface area contributed by atoms with E-state index in [1.54, 1.807) is 12.1 Å². The number of benzene rings is 1. The van der Waals surface area contributed by atoms with Crippen molar-refractivity contribution < 1.29 is 5.11 Å². The minimum atomic E-state index is 0.248. The van der Waals surface area contributed by atoms with Crippen LogP contribution >= 0.6 is 11.8 Å². The average molecular weight is 223 g/mol. The minimum absolute atomic E-state index is 0.248. The smallest absolute Gasteiger partial charge is 0.115 e. The molecule has 1 atom stereocenters. The third kappa shape index (κ3) is 2.89. The first-order valence-electron chi connectivity index (χ1n) is 5.35. The number of phenolic OH excluding ortho intramolecular Hbond substituents is 1. The number of hydrogen-bond donors (Lipinski definition) is 2. The van der Waals surface area contributed by atoms with Gasteiger partial charge in [-0.25, -0.2) is 0 Å². The molecule has 1 aromatic rings. The van der Waals surface area contributed by atoms with Crippen LogP contribution in [0.5, 0.6) is 5.75 Å². The van der Waals surface area contributed by atoms with Crippen molar-refractivity contribution in [2.45, 2.75) is 24.6 Å². The zero-order valence-corrected chi connectivity index (χ0v) is 9.81. The molecule has 0 spiro atoms. The maximum Gasteiger partial charge on any atom is 0.115 e. The van der Waals surface area contributed by atoms with E-state index in [1.165, 1.54) is 11.3 Å². The first-order chi connectivity index (χ1) is 7.18. The van der Waals surface area contributed by atoms with Gasteiger partial charge in [0.15, 0.2) is 0 Å². The molecule has 0 radical (unpaired) electrons. The van der Waals surface area contributed by atoms with E-state index in [4.69, 9.17) is 0 Å². The quantitative estimate of drug-likeness (QED) is 0.825. The van der Waals surface area contributed by atoms with Crippen LogP contribution in [0.4, 0.5) is 0 Å². The summed E-state index contributed by atoms with van der Waals surface area (Å²) in [6.45, 7) is 3.39. The molecule has 1 aliphatic heterocycles. The highest BCUT2D eigenvalue weighted by molar-refractivity contribution is 8.00. The van der Waals surface area contributed by atoms with E-state index in [9.17, 15) is 5.11 Å². The molecular formula is C12H17NOS. The summed E-state index contributed by atoms with van der Waals surface area (Å²) < 4.78 is 0. The highest BCUT2D eigenvalue weighted by atomic mass is 32.2. The Morgan fingerprint density at radius 2 is 2.13 bits per heavy atom. The topological polar surface area (TPSA) is 32.3 Å². The van der Waals surface area contributed by atoms with E-state index in [2.05, 4.69) is 12.2 Å². The van der Waals surface area contributed by atoms with Crippen LogP contribution in [0.25, 0.3) is 0 Å². The van der Waals surface area contributed by atoms with E-state index in [-0.39, 0.29) is 4.87 Å². The fourth-order valence-electron chi connectivity index (χ4n) is 1.85. The van der Waals surface area contributed by atoms with Gasteiger partial charge in [0, 0.05) is 12.3 Å². The molecular weight excluding hydrogens is 206 g/mol. The molecule has 1 aromatic carbocycles. The summed E-state index contributed by atoms with van der Waals surface area (Å²) in [4.78, 5) is 0.248. The van der Waals surface area contributed by atoms with Gasteiger partial charge in [-0.1, -0.05) is 12.1 Å². The molecule has 0 aliphatic carbocycles. The third-order valence-electron chi connectivity index (χ3n) is 2.85. The van der Waals surface area contributed by atoms with Crippen LogP contribution in [0.1, 0.15) is 18.9 Å². The molecule has 2 rings (SSSR count). The average Bonchev–Trinajstić information content (AvgIpc) is 2.65. The number of thioether (sulfide) groups is 1. The van der Waals surface area contributed by atoms with Crippen LogP contribution < -0.4 is 5.32 Å². The van der Waals surface area contributed by atoms with Gasteiger partial charge in [0.05, 0.1) is 4.87 Å². The number of rotatable bonds is 3. The van der Waals surface area contributed by atoms with E-state index in [0.29, 0.717) is 5.75 Å². The zero-order chi connectivity index (χ0) is 10.7. The van der Waals surface area contributed by atoms with Crippen molar-refractivity contribution in [3.8, 4) is 5.75 Å². The van der Waals surface area contributed by atoms with Gasteiger partial charge in [-0.2, -0.15) is 0 Å². The molecule has 3 heteroatoms. The van der Waals surface area contributed by atoms with Crippen molar-refractivity contribution in [2.24, 2.45) is 0 Å². The van der Waals surface area contributed by atoms with Crippen molar-refractivity contribution >= 4 is 11.8 Å². The first kappa shape index (κ1) is 10.8. The normalized spacial score (nSPS) is 25.7. The molecule has 1 heterocycles. The molecule has 0 amide bonds. The molecule has 1 aliphatic rings. The Hall–Kier alpha value is -0.670. The lowest BCUT2D eigenvalue weighted by molar-refractivity contribution is 0.474. The van der Waals surface area contributed by atoms with E-state index < -0.39 is 0 Å². The summed E-state index contributed by atoms with van der Waals surface area (Å²) in [5.41, 5.74) is 1.29. The Kier molecular flexibility index (Phi) is 3.22. The predicted octanol–water partition coefficient (Wildman–Crippen LogP) is 2.38. The maximum atomic E-state index is 9.17. The second-order valence-corrected chi connectivity index (χ2v) is 5.77. The highest BCUT2D eigenvalue weighted by Gasteiger charge is 2.27. The van der Waals surface area contributed by atoms with Gasteiger partial charge in [-0.3, -0.25) is 0 Å². The molecule has 0 bridgehead atoms. The van der Waals surface area contributed by atoms with Crippen LogP contribution in [0.2, 0.25) is 0 Å². The van der Waals surface area contributed by atoms with E-state index >= 15 is 0 Å². The van der Waals surface area contributed by atoms with Gasteiger partial charge >= 0.3 is 0 Å². The standard InChI is InChI=1S/C12H17NOS/c1-12(13-8-9-15-12)7-6-10-2-4-11(14)5-3-10/h2-5,13-14H,6-9H2,1H3. The monoisotopic (exact) mass is 223 g/mol. The Morgan fingerprint density at radius 3 is 2.73 bits per heavy atom. The van der Waals surface area contributed by atoms with Gasteiger partial charge in [0.1, 0.15) is 5.75 Å². The predicted molar refractivity (Wildman–Crippen MR) is 65.3 cm³/mol. The Labute approximate surface area is 95.1 Å². The van der Waals surface area contributed by atoms with Gasteiger partial charge in [-0.15, -0.1) is 11.8 Å². The molecule has 1 fully saturated rings. The van der Waals surface area contributed by atoms with Crippen LogP contribution in [-0.4, -0.2) is 22.3 Å². The largest absolute Gasteiger partial charge is 0.508 e. The summed E-state index contributed by atoms with van der Waals surface area (Å²) in [6, 6.07) is 7.51. The van der Waals surface area contributed by atoms with Crippen molar-refractivity contribution in [3.05, 3.63) is 29.8 Å². The number of aryl methyl sites for hydroxylation is 1. The highest BCUT2D eigenvalue weighted by Crippen LogP contribution is 2.31. The lowest BCUT2D eigenvalue weighted by Gasteiger charge is -2.23. The van der Waals surface area contributed by atoms with Crippen LogP contribution in [-0.2, 0) is 6.42 Å². The van der Waals surface area contributed by atoms with Gasteiger partial charge in [-0.05, 0) is 37.5 Å². The number of nitrogens with one attached hydrogen (secondary N) is 1. The van der Waals surface area contributed by atoms with Crippen LogP contribution in [0.15, 0.2) is 24.3 Å².